The average Bonchev–Trinajstić information content (AvgIpc) is 1.88. The van der Waals surface area contributed by atoms with E-state index >= 15 is 0 Å². The number of halogens is 1. The molecule has 0 fully saturated rings. The van der Waals surface area contributed by atoms with Gasteiger partial charge in [0.1, 0.15) is 0 Å². The zero-order valence-corrected chi connectivity index (χ0v) is 9.47. The first-order valence-electron chi connectivity index (χ1n) is 3.24. The van der Waals surface area contributed by atoms with Crippen LogP contribution in [0.15, 0.2) is 12.3 Å². The van der Waals surface area contributed by atoms with Crippen molar-refractivity contribution in [1.29, 1.82) is 0 Å². The van der Waals surface area contributed by atoms with E-state index in [0.717, 1.165) is 0 Å². The molecule has 1 aromatic rings. The first-order valence-corrected chi connectivity index (χ1v) is 3.24. The van der Waals surface area contributed by atoms with E-state index in [-0.39, 0.29) is 44.4 Å². The summed E-state index contributed by atoms with van der Waals surface area (Å²) in [5.74, 6) is -0.199. The molecule has 0 atom stereocenters. The Bertz CT molecular complexity index is 225. The zero-order valence-electron chi connectivity index (χ0n) is 6.63. The van der Waals surface area contributed by atoms with E-state index in [4.69, 9.17) is 0 Å². The van der Waals surface area contributed by atoms with Crippen molar-refractivity contribution in [2.24, 2.45) is 0 Å². The van der Waals surface area contributed by atoms with Crippen LogP contribution < -0.4 is 0 Å². The standard InChI is InChI=1S/C8H9FN.Y/c1-6(2)8-7(9)4-3-5-10-8;/h3,5-6H,1-2H3;/q-1;. The Morgan fingerprint density at radius 3 is 2.55 bits per heavy atom. The molecular weight excluding hydrogens is 218 g/mol. The molecule has 0 saturated heterocycles. The maximum atomic E-state index is 12.7. The van der Waals surface area contributed by atoms with E-state index < -0.39 is 0 Å². The molecular formula is C8H9FNY-. The Kier molecular flexibility index (Phi) is 5.02. The van der Waals surface area contributed by atoms with Gasteiger partial charge in [-0.2, -0.15) is 6.07 Å². The van der Waals surface area contributed by atoms with Crippen molar-refractivity contribution in [1.82, 2.24) is 4.98 Å². The number of hydrogen-bond acceptors (Lipinski definition) is 1. The normalized spacial score (nSPS) is 9.45. The number of aromatic nitrogens is 1. The van der Waals surface area contributed by atoms with Gasteiger partial charge in [-0.1, -0.05) is 20.0 Å². The van der Waals surface area contributed by atoms with E-state index in [0.29, 0.717) is 5.69 Å². The molecule has 1 heterocycles. The smallest absolute Gasteiger partial charge is 0.0317 e. The molecule has 57 valence electrons. The fourth-order valence-electron chi connectivity index (χ4n) is 0.761. The molecule has 0 amide bonds. The van der Waals surface area contributed by atoms with Crippen molar-refractivity contribution < 1.29 is 37.1 Å². The van der Waals surface area contributed by atoms with Gasteiger partial charge < -0.3 is 4.98 Å². The minimum Gasteiger partial charge on any atom is -0.384 e. The van der Waals surface area contributed by atoms with Gasteiger partial charge in [-0.05, 0) is 11.6 Å². The summed E-state index contributed by atoms with van der Waals surface area (Å²) in [6, 6.07) is 3.93. The molecule has 11 heavy (non-hydrogen) atoms. The predicted molar refractivity (Wildman–Crippen MR) is 37.1 cm³/mol. The van der Waals surface area contributed by atoms with Gasteiger partial charge in [0.25, 0.3) is 0 Å². The van der Waals surface area contributed by atoms with Crippen LogP contribution in [-0.4, -0.2) is 4.98 Å². The van der Waals surface area contributed by atoms with Crippen LogP contribution in [0.5, 0.6) is 0 Å². The van der Waals surface area contributed by atoms with Crippen LogP contribution in [0.4, 0.5) is 4.39 Å². The molecule has 0 aliphatic carbocycles. The second-order valence-corrected chi connectivity index (χ2v) is 2.44. The van der Waals surface area contributed by atoms with Crippen molar-refractivity contribution in [2.45, 2.75) is 19.8 Å². The van der Waals surface area contributed by atoms with Crippen molar-refractivity contribution in [3.8, 4) is 0 Å². The fourth-order valence-corrected chi connectivity index (χ4v) is 0.761. The summed E-state index contributed by atoms with van der Waals surface area (Å²) in [5.41, 5.74) is 0.488. The van der Waals surface area contributed by atoms with Crippen LogP contribution in [0.1, 0.15) is 25.5 Å². The molecule has 0 aliphatic heterocycles. The fraction of sp³-hybridized carbons (Fsp3) is 0.375. The SMILES string of the molecule is CC(C)c1ncc[c-]c1F.[Y]. The number of rotatable bonds is 1. The van der Waals surface area contributed by atoms with Crippen LogP contribution in [0.3, 0.4) is 0 Å². The molecule has 0 spiro atoms. The molecule has 0 N–H and O–H groups in total. The van der Waals surface area contributed by atoms with E-state index in [1.54, 1.807) is 6.20 Å². The first-order chi connectivity index (χ1) is 4.72. The Morgan fingerprint density at radius 1 is 1.55 bits per heavy atom. The summed E-state index contributed by atoms with van der Waals surface area (Å²) in [5, 5.41) is 0. The van der Waals surface area contributed by atoms with Crippen LogP contribution in [0.25, 0.3) is 0 Å². The molecule has 0 aliphatic rings. The third-order valence-electron chi connectivity index (χ3n) is 1.27. The minimum atomic E-state index is -0.336. The van der Waals surface area contributed by atoms with Crippen molar-refractivity contribution >= 4 is 0 Å². The van der Waals surface area contributed by atoms with E-state index in [1.807, 2.05) is 13.8 Å². The van der Waals surface area contributed by atoms with E-state index in [2.05, 4.69) is 11.1 Å². The largest absolute Gasteiger partial charge is 0.384 e. The van der Waals surface area contributed by atoms with Gasteiger partial charge in [0.15, 0.2) is 0 Å². The minimum absolute atomic E-state index is 0. The number of pyridine rings is 1. The molecule has 1 rings (SSSR count). The van der Waals surface area contributed by atoms with Gasteiger partial charge in [0, 0.05) is 38.5 Å². The van der Waals surface area contributed by atoms with E-state index in [9.17, 15) is 4.39 Å². The van der Waals surface area contributed by atoms with Gasteiger partial charge in [0.2, 0.25) is 0 Å². The molecule has 3 heteroatoms. The molecule has 1 nitrogen and oxygen atoms in total. The zero-order chi connectivity index (χ0) is 7.56. The third-order valence-corrected chi connectivity index (χ3v) is 1.27. The second-order valence-electron chi connectivity index (χ2n) is 2.44. The summed E-state index contributed by atoms with van der Waals surface area (Å²) < 4.78 is 12.7. The topological polar surface area (TPSA) is 12.9 Å². The van der Waals surface area contributed by atoms with Crippen LogP contribution in [-0.2, 0) is 32.7 Å². The van der Waals surface area contributed by atoms with Gasteiger partial charge in [-0.3, -0.25) is 0 Å². The van der Waals surface area contributed by atoms with Crippen LogP contribution in [0, 0.1) is 11.9 Å². The van der Waals surface area contributed by atoms with Gasteiger partial charge >= 0.3 is 0 Å². The van der Waals surface area contributed by atoms with Gasteiger partial charge in [-0.25, -0.2) is 4.39 Å². The van der Waals surface area contributed by atoms with E-state index in [1.165, 1.54) is 6.07 Å². The Hall–Kier alpha value is 0.184. The monoisotopic (exact) mass is 227 g/mol. The van der Waals surface area contributed by atoms with Crippen molar-refractivity contribution in [3.63, 3.8) is 0 Å². The molecule has 0 unspecified atom stereocenters. The Balaban J connectivity index is 0.000001000. The van der Waals surface area contributed by atoms with Crippen LogP contribution in [0.2, 0.25) is 0 Å². The Labute approximate surface area is 91.3 Å². The number of hydrogen-bond donors (Lipinski definition) is 0. The summed E-state index contributed by atoms with van der Waals surface area (Å²) >= 11 is 0. The molecule has 1 aromatic heterocycles. The molecule has 0 saturated carbocycles. The second kappa shape index (κ2) is 4.94. The third kappa shape index (κ3) is 2.96. The first kappa shape index (κ1) is 11.2. The number of nitrogens with zero attached hydrogens (tertiary/aromatic N) is 1. The van der Waals surface area contributed by atoms with Crippen LogP contribution >= 0.6 is 0 Å². The molecule has 0 bridgehead atoms. The van der Waals surface area contributed by atoms with Crippen molar-refractivity contribution in [2.75, 3.05) is 0 Å². The molecule has 1 radical (unpaired) electrons. The quantitative estimate of drug-likeness (QED) is 0.670. The average molecular weight is 227 g/mol. The summed E-state index contributed by atoms with van der Waals surface area (Å²) in [6.45, 7) is 3.80. The molecule has 0 aromatic carbocycles. The maximum absolute atomic E-state index is 12.7. The summed E-state index contributed by atoms with van der Waals surface area (Å²) in [7, 11) is 0. The summed E-state index contributed by atoms with van der Waals surface area (Å²) in [4.78, 5) is 3.87. The van der Waals surface area contributed by atoms with Crippen molar-refractivity contribution in [3.05, 3.63) is 29.8 Å². The Morgan fingerprint density at radius 2 is 2.18 bits per heavy atom. The maximum Gasteiger partial charge on any atom is 0.0317 e. The van der Waals surface area contributed by atoms with Gasteiger partial charge in [-0.15, -0.1) is 6.07 Å². The predicted octanol–water partition coefficient (Wildman–Crippen LogP) is 2.14. The van der Waals surface area contributed by atoms with Gasteiger partial charge in [0.05, 0.1) is 0 Å². The summed E-state index contributed by atoms with van der Waals surface area (Å²) in [6.07, 6.45) is 1.55.